The zero-order valence-corrected chi connectivity index (χ0v) is 13.7. The van der Waals surface area contributed by atoms with Gasteiger partial charge in [0.15, 0.2) is 0 Å². The summed E-state index contributed by atoms with van der Waals surface area (Å²) in [5.41, 5.74) is 2.07. The van der Waals surface area contributed by atoms with Gasteiger partial charge in [0, 0.05) is 26.7 Å². The second-order valence-electron chi connectivity index (χ2n) is 5.98. The predicted octanol–water partition coefficient (Wildman–Crippen LogP) is 1.17. The number of rotatable bonds is 3. The molecule has 124 valence electrons. The number of nitrogens with one attached hydrogen (secondary N) is 1. The van der Waals surface area contributed by atoms with E-state index in [2.05, 4.69) is 5.32 Å². The van der Waals surface area contributed by atoms with E-state index in [0.29, 0.717) is 25.3 Å². The van der Waals surface area contributed by atoms with Crippen molar-refractivity contribution in [1.82, 2.24) is 14.8 Å². The molecule has 0 saturated carbocycles. The first-order chi connectivity index (χ1) is 11.5. The summed E-state index contributed by atoms with van der Waals surface area (Å²) >= 11 is 0. The highest BCUT2D eigenvalue weighted by atomic mass is 16.2. The third-order valence-corrected chi connectivity index (χ3v) is 4.22. The largest absolute Gasteiger partial charge is 0.348 e. The summed E-state index contributed by atoms with van der Waals surface area (Å²) in [4.78, 5) is 38.4. The number of aromatic nitrogens is 1. The van der Waals surface area contributed by atoms with Crippen LogP contribution >= 0.6 is 0 Å². The van der Waals surface area contributed by atoms with Gasteiger partial charge in [-0.05, 0) is 24.6 Å². The van der Waals surface area contributed by atoms with Crippen molar-refractivity contribution in [3.8, 4) is 0 Å². The molecule has 6 heteroatoms. The highest BCUT2D eigenvalue weighted by Gasteiger charge is 2.24. The van der Waals surface area contributed by atoms with Crippen molar-refractivity contribution in [3.63, 3.8) is 0 Å². The van der Waals surface area contributed by atoms with E-state index in [9.17, 15) is 14.4 Å². The van der Waals surface area contributed by atoms with Crippen LogP contribution in [0.5, 0.6) is 0 Å². The fourth-order valence-electron chi connectivity index (χ4n) is 2.69. The van der Waals surface area contributed by atoms with Crippen molar-refractivity contribution < 1.29 is 9.59 Å². The highest BCUT2D eigenvalue weighted by molar-refractivity contribution is 5.96. The minimum atomic E-state index is -0.428. The molecule has 3 rings (SSSR count). The zero-order valence-electron chi connectivity index (χ0n) is 13.7. The zero-order chi connectivity index (χ0) is 17.3. The van der Waals surface area contributed by atoms with Gasteiger partial charge in [-0.2, -0.15) is 0 Å². The third kappa shape index (κ3) is 2.95. The lowest BCUT2D eigenvalue weighted by Crippen LogP contribution is -2.44. The van der Waals surface area contributed by atoms with Crippen molar-refractivity contribution in [1.29, 1.82) is 0 Å². The number of likely N-dealkylation sites (N-methyl/N-ethyl adjacent to an activating group) is 1. The second kappa shape index (κ2) is 6.31. The Labute approximate surface area is 139 Å². The van der Waals surface area contributed by atoms with Gasteiger partial charge in [-0.3, -0.25) is 14.4 Å². The van der Waals surface area contributed by atoms with Crippen LogP contribution in [0.3, 0.4) is 0 Å². The van der Waals surface area contributed by atoms with Gasteiger partial charge in [-0.25, -0.2) is 0 Å². The number of hydrogen-bond acceptors (Lipinski definition) is 3. The summed E-state index contributed by atoms with van der Waals surface area (Å²) in [6.45, 7) is 3.20. The molecule has 2 amide bonds. The fourth-order valence-corrected chi connectivity index (χ4v) is 2.69. The quantitative estimate of drug-likeness (QED) is 0.921. The summed E-state index contributed by atoms with van der Waals surface area (Å²) in [7, 11) is 1.69. The molecule has 0 saturated heterocycles. The van der Waals surface area contributed by atoms with Gasteiger partial charge in [0.2, 0.25) is 0 Å². The number of benzene rings is 1. The van der Waals surface area contributed by atoms with Gasteiger partial charge in [-0.15, -0.1) is 0 Å². The summed E-state index contributed by atoms with van der Waals surface area (Å²) < 4.78 is 1.38. The Morgan fingerprint density at radius 3 is 2.50 bits per heavy atom. The molecule has 0 spiro atoms. The SMILES string of the molecule is Cc1ccc(CNC(=O)c2ccc3n(c2=O)CCN(C)C3=O)cc1. The van der Waals surface area contributed by atoms with Gasteiger partial charge in [0.05, 0.1) is 0 Å². The monoisotopic (exact) mass is 325 g/mol. The third-order valence-electron chi connectivity index (χ3n) is 4.22. The molecule has 24 heavy (non-hydrogen) atoms. The van der Waals surface area contributed by atoms with Crippen LogP contribution in [0.1, 0.15) is 32.0 Å². The van der Waals surface area contributed by atoms with Gasteiger partial charge in [0.25, 0.3) is 17.4 Å². The van der Waals surface area contributed by atoms with Crippen LogP contribution in [-0.4, -0.2) is 34.9 Å². The van der Waals surface area contributed by atoms with Crippen molar-refractivity contribution in [2.75, 3.05) is 13.6 Å². The molecule has 1 N–H and O–H groups in total. The molecule has 1 aliphatic rings. The summed E-state index contributed by atoms with van der Waals surface area (Å²) in [6, 6.07) is 10.8. The van der Waals surface area contributed by atoms with Crippen molar-refractivity contribution in [2.45, 2.75) is 20.0 Å². The molecule has 6 nitrogen and oxygen atoms in total. The van der Waals surface area contributed by atoms with Crippen LogP contribution in [0.15, 0.2) is 41.2 Å². The smallest absolute Gasteiger partial charge is 0.270 e. The van der Waals surface area contributed by atoms with Crippen molar-refractivity contribution >= 4 is 11.8 Å². The Kier molecular flexibility index (Phi) is 4.20. The molecule has 2 heterocycles. The van der Waals surface area contributed by atoms with Gasteiger partial charge in [0.1, 0.15) is 11.3 Å². The number of carbonyl (C=O) groups is 2. The topological polar surface area (TPSA) is 71.4 Å². The number of fused-ring (bicyclic) bond motifs is 1. The Bertz CT molecular complexity index is 853. The Balaban J connectivity index is 1.80. The number of nitrogens with zero attached hydrogens (tertiary/aromatic N) is 2. The van der Waals surface area contributed by atoms with Crippen LogP contribution in [0, 0.1) is 6.92 Å². The molecule has 0 atom stereocenters. The lowest BCUT2D eigenvalue weighted by Gasteiger charge is -2.26. The van der Waals surface area contributed by atoms with Crippen LogP contribution in [0.25, 0.3) is 0 Å². The molecule has 1 aromatic heterocycles. The Morgan fingerprint density at radius 1 is 1.08 bits per heavy atom. The first-order valence-corrected chi connectivity index (χ1v) is 7.80. The van der Waals surface area contributed by atoms with E-state index in [-0.39, 0.29) is 11.5 Å². The van der Waals surface area contributed by atoms with Crippen molar-refractivity contribution in [2.24, 2.45) is 0 Å². The van der Waals surface area contributed by atoms with E-state index in [4.69, 9.17) is 0 Å². The first kappa shape index (κ1) is 16.0. The number of amides is 2. The maximum absolute atomic E-state index is 12.5. The fraction of sp³-hybridized carbons (Fsp3) is 0.278. The van der Waals surface area contributed by atoms with Crippen LogP contribution in [0.4, 0.5) is 0 Å². The molecular formula is C18H19N3O3. The molecule has 1 aliphatic heterocycles. The average Bonchev–Trinajstić information content (AvgIpc) is 2.58. The summed E-state index contributed by atoms with van der Waals surface area (Å²) in [5, 5.41) is 2.75. The maximum Gasteiger partial charge on any atom is 0.270 e. The number of pyridine rings is 1. The first-order valence-electron chi connectivity index (χ1n) is 7.80. The molecule has 0 aliphatic carbocycles. The van der Waals surface area contributed by atoms with Gasteiger partial charge < -0.3 is 14.8 Å². The van der Waals surface area contributed by atoms with E-state index < -0.39 is 11.5 Å². The van der Waals surface area contributed by atoms with E-state index in [1.807, 2.05) is 31.2 Å². The normalized spacial score (nSPS) is 13.6. The van der Waals surface area contributed by atoms with E-state index in [0.717, 1.165) is 11.1 Å². The predicted molar refractivity (Wildman–Crippen MR) is 90.0 cm³/mol. The number of carbonyl (C=O) groups excluding carboxylic acids is 2. The van der Waals surface area contributed by atoms with E-state index in [1.54, 1.807) is 18.0 Å². The van der Waals surface area contributed by atoms with Gasteiger partial charge in [-0.1, -0.05) is 29.8 Å². The average molecular weight is 325 g/mol. The van der Waals surface area contributed by atoms with Crippen LogP contribution in [0.2, 0.25) is 0 Å². The van der Waals surface area contributed by atoms with Gasteiger partial charge >= 0.3 is 0 Å². The lowest BCUT2D eigenvalue weighted by atomic mass is 10.1. The van der Waals surface area contributed by atoms with Crippen LogP contribution in [-0.2, 0) is 13.1 Å². The summed E-state index contributed by atoms with van der Waals surface area (Å²) in [5.74, 6) is -0.632. The standard InChI is InChI=1S/C18H19N3O3/c1-12-3-5-13(6-4-12)11-19-16(22)14-7-8-15-18(24)20(2)9-10-21(15)17(14)23/h3-8H,9-11H2,1-2H3,(H,19,22). The molecular weight excluding hydrogens is 306 g/mol. The molecule has 2 aromatic rings. The molecule has 0 fully saturated rings. The van der Waals surface area contributed by atoms with E-state index in [1.165, 1.54) is 10.6 Å². The molecule has 0 radical (unpaired) electrons. The minimum Gasteiger partial charge on any atom is -0.348 e. The maximum atomic E-state index is 12.5. The minimum absolute atomic E-state index is 0.0585. The Morgan fingerprint density at radius 2 is 1.79 bits per heavy atom. The number of aryl methyl sites for hydroxylation is 1. The molecule has 0 bridgehead atoms. The van der Waals surface area contributed by atoms with E-state index >= 15 is 0 Å². The second-order valence-corrected chi connectivity index (χ2v) is 5.98. The number of hydrogen-bond donors (Lipinski definition) is 1. The lowest BCUT2D eigenvalue weighted by molar-refractivity contribution is 0.0743. The highest BCUT2D eigenvalue weighted by Crippen LogP contribution is 2.09. The molecule has 1 aromatic carbocycles. The van der Waals surface area contributed by atoms with Crippen LogP contribution < -0.4 is 10.9 Å². The molecule has 0 unspecified atom stereocenters. The summed E-state index contributed by atoms with van der Waals surface area (Å²) in [6.07, 6.45) is 0. The Hall–Kier alpha value is -2.89. The van der Waals surface area contributed by atoms with Crippen molar-refractivity contribution in [3.05, 3.63) is 69.1 Å².